The third-order valence-corrected chi connectivity index (χ3v) is 5.14. The number of alkyl halides is 3. The van der Waals surface area contributed by atoms with Crippen LogP contribution in [0.2, 0.25) is 0 Å². The molecular weight excluding hydrogens is 445 g/mol. The molecule has 0 aliphatic carbocycles. The van der Waals surface area contributed by atoms with Crippen LogP contribution in [-0.4, -0.2) is 47.9 Å². The van der Waals surface area contributed by atoms with Gasteiger partial charge >= 0.3 is 6.18 Å². The van der Waals surface area contributed by atoms with Gasteiger partial charge in [0.25, 0.3) is 5.91 Å². The van der Waals surface area contributed by atoms with E-state index in [0.29, 0.717) is 31.1 Å². The summed E-state index contributed by atoms with van der Waals surface area (Å²) in [4.78, 5) is 20.5. The maximum atomic E-state index is 13.2. The topological polar surface area (TPSA) is 61.6 Å². The van der Waals surface area contributed by atoms with Gasteiger partial charge in [-0.3, -0.25) is 9.69 Å². The zero-order chi connectivity index (χ0) is 24.7. The van der Waals surface area contributed by atoms with Gasteiger partial charge in [0.1, 0.15) is 6.26 Å². The first-order valence-corrected chi connectivity index (χ1v) is 10.9. The Morgan fingerprint density at radius 2 is 1.71 bits per heavy atom. The third kappa shape index (κ3) is 7.71. The fourth-order valence-electron chi connectivity index (χ4n) is 3.50. The molecule has 0 saturated carbocycles. The zero-order valence-electron chi connectivity index (χ0n) is 19.5. The Bertz CT molecular complexity index is 1100. The molecule has 0 atom stereocenters. The van der Waals surface area contributed by atoms with E-state index in [-0.39, 0.29) is 24.7 Å². The van der Waals surface area contributed by atoms with Crippen molar-refractivity contribution in [2.75, 3.05) is 27.2 Å². The molecule has 0 aliphatic rings. The van der Waals surface area contributed by atoms with E-state index in [0.717, 1.165) is 23.3 Å². The lowest BCUT2D eigenvalue weighted by Crippen LogP contribution is -2.31. The fourth-order valence-corrected chi connectivity index (χ4v) is 3.50. The minimum Gasteiger partial charge on any atom is -0.447 e. The van der Waals surface area contributed by atoms with E-state index in [9.17, 15) is 18.0 Å². The molecule has 1 N–H and O–H groups in total. The summed E-state index contributed by atoms with van der Waals surface area (Å²) in [6, 6.07) is 13.2. The summed E-state index contributed by atoms with van der Waals surface area (Å²) in [6.45, 7) is 4.11. The van der Waals surface area contributed by atoms with Gasteiger partial charge in [0.15, 0.2) is 5.69 Å². The van der Waals surface area contributed by atoms with Crippen LogP contribution in [0.25, 0.3) is 0 Å². The summed E-state index contributed by atoms with van der Waals surface area (Å²) in [5.41, 5.74) is 2.11. The largest absolute Gasteiger partial charge is 0.447 e. The molecule has 3 rings (SSSR count). The second-order valence-electron chi connectivity index (χ2n) is 8.52. The van der Waals surface area contributed by atoms with Crippen molar-refractivity contribution in [2.24, 2.45) is 0 Å². The predicted octanol–water partition coefficient (Wildman–Crippen LogP) is 4.50. The Kier molecular flexibility index (Phi) is 8.46. The highest BCUT2D eigenvalue weighted by atomic mass is 19.4. The molecule has 0 radical (unpaired) electrons. The maximum absolute atomic E-state index is 13.2. The number of hydrogen-bond donors (Lipinski definition) is 1. The molecule has 0 spiro atoms. The number of nitrogens with one attached hydrogen (secondary N) is 1. The van der Waals surface area contributed by atoms with E-state index in [4.69, 9.17) is 4.42 Å². The lowest BCUT2D eigenvalue weighted by molar-refractivity contribution is -0.137. The molecule has 0 aliphatic heterocycles. The van der Waals surface area contributed by atoms with Gasteiger partial charge in [-0.05, 0) is 38.2 Å². The van der Waals surface area contributed by atoms with Crippen LogP contribution in [0.15, 0.2) is 59.2 Å². The van der Waals surface area contributed by atoms with Crippen LogP contribution in [0.3, 0.4) is 0 Å². The molecule has 2 aromatic carbocycles. The molecule has 182 valence electrons. The molecule has 34 heavy (non-hydrogen) atoms. The van der Waals surface area contributed by atoms with Crippen molar-refractivity contribution in [3.63, 3.8) is 0 Å². The number of carbonyl (C=O) groups is 1. The molecular formula is C25H29F3N4O2. The van der Waals surface area contributed by atoms with Gasteiger partial charge in [-0.15, -0.1) is 0 Å². The minimum absolute atomic E-state index is 0.170. The molecule has 1 amide bonds. The lowest BCUT2D eigenvalue weighted by Gasteiger charge is -2.22. The van der Waals surface area contributed by atoms with Crippen molar-refractivity contribution in [1.29, 1.82) is 0 Å². The van der Waals surface area contributed by atoms with Crippen molar-refractivity contribution >= 4 is 5.91 Å². The van der Waals surface area contributed by atoms with Gasteiger partial charge in [-0.1, -0.05) is 48.0 Å². The first-order chi connectivity index (χ1) is 16.1. The highest BCUT2D eigenvalue weighted by Crippen LogP contribution is 2.30. The molecule has 1 aromatic heterocycles. The Labute approximate surface area is 197 Å². The smallest absolute Gasteiger partial charge is 0.416 e. The first kappa shape index (κ1) is 25.5. The van der Waals surface area contributed by atoms with Crippen molar-refractivity contribution < 1.29 is 22.4 Å². The second-order valence-corrected chi connectivity index (χ2v) is 8.52. The van der Waals surface area contributed by atoms with Crippen LogP contribution in [0.5, 0.6) is 0 Å². The molecule has 6 nitrogen and oxygen atoms in total. The third-order valence-electron chi connectivity index (χ3n) is 5.14. The predicted molar refractivity (Wildman–Crippen MR) is 123 cm³/mol. The summed E-state index contributed by atoms with van der Waals surface area (Å²) in [6.07, 6.45) is -3.11. The molecule has 1 heterocycles. The van der Waals surface area contributed by atoms with Crippen LogP contribution >= 0.6 is 0 Å². The minimum atomic E-state index is -4.41. The average Bonchev–Trinajstić information content (AvgIpc) is 3.21. The number of amides is 1. The van der Waals surface area contributed by atoms with E-state index in [1.165, 1.54) is 12.3 Å². The number of carbonyl (C=O) groups excluding carboxylic acids is 1. The molecule has 0 saturated heterocycles. The molecule has 9 heteroatoms. The van der Waals surface area contributed by atoms with E-state index in [2.05, 4.69) is 10.3 Å². The van der Waals surface area contributed by atoms with Crippen LogP contribution in [0.1, 0.15) is 38.6 Å². The van der Waals surface area contributed by atoms with Crippen molar-refractivity contribution in [3.05, 3.63) is 88.6 Å². The van der Waals surface area contributed by atoms with Crippen LogP contribution in [-0.2, 0) is 25.8 Å². The van der Waals surface area contributed by atoms with Gasteiger partial charge < -0.3 is 14.6 Å². The van der Waals surface area contributed by atoms with Crippen LogP contribution < -0.4 is 5.32 Å². The fraction of sp³-hybridized carbons (Fsp3) is 0.360. The SMILES string of the molecule is Cc1cccc(CN(Cc2cccc(C(F)(F)F)c2)Cc2nc(C(=O)NCCN(C)C)co2)c1. The van der Waals surface area contributed by atoms with Crippen molar-refractivity contribution in [3.8, 4) is 0 Å². The second kappa shape index (κ2) is 11.3. The van der Waals surface area contributed by atoms with Gasteiger partial charge in [-0.2, -0.15) is 13.2 Å². The molecule has 0 fully saturated rings. The Hall–Kier alpha value is -3.17. The van der Waals surface area contributed by atoms with Gasteiger partial charge in [0.2, 0.25) is 5.89 Å². The van der Waals surface area contributed by atoms with Crippen molar-refractivity contribution in [2.45, 2.75) is 32.7 Å². The van der Waals surface area contributed by atoms with Gasteiger partial charge in [0.05, 0.1) is 12.1 Å². The number of likely N-dealkylation sites (N-methyl/N-ethyl adjacent to an activating group) is 1. The summed E-state index contributed by atoms with van der Waals surface area (Å²) < 4.78 is 45.0. The number of hydrogen-bond acceptors (Lipinski definition) is 5. The number of aryl methyl sites for hydroxylation is 1. The molecule has 0 unspecified atom stereocenters. The Morgan fingerprint density at radius 1 is 1.03 bits per heavy atom. The van der Waals surface area contributed by atoms with Gasteiger partial charge in [-0.25, -0.2) is 4.98 Å². The molecule has 3 aromatic rings. The number of halogens is 3. The van der Waals surface area contributed by atoms with Gasteiger partial charge in [0, 0.05) is 26.2 Å². The van der Waals surface area contributed by atoms with Crippen LogP contribution in [0, 0.1) is 6.92 Å². The number of rotatable bonds is 10. The number of benzene rings is 2. The lowest BCUT2D eigenvalue weighted by atomic mass is 10.1. The standard InChI is InChI=1S/C25H29F3N4O2/c1-18-6-4-7-19(12-18)14-32(15-20-8-5-9-21(13-20)25(26,27)28)16-23-30-22(17-34-23)24(33)29-10-11-31(2)3/h4-9,12-13,17H,10-11,14-16H2,1-3H3,(H,29,33). The highest BCUT2D eigenvalue weighted by Gasteiger charge is 2.30. The molecule has 0 bridgehead atoms. The van der Waals surface area contributed by atoms with E-state index in [1.807, 2.05) is 55.1 Å². The average molecular weight is 475 g/mol. The van der Waals surface area contributed by atoms with Crippen molar-refractivity contribution in [1.82, 2.24) is 20.1 Å². The summed E-state index contributed by atoms with van der Waals surface area (Å²) in [7, 11) is 3.82. The summed E-state index contributed by atoms with van der Waals surface area (Å²) >= 11 is 0. The van der Waals surface area contributed by atoms with E-state index < -0.39 is 11.7 Å². The van der Waals surface area contributed by atoms with E-state index >= 15 is 0 Å². The Morgan fingerprint density at radius 3 is 2.35 bits per heavy atom. The Balaban J connectivity index is 1.75. The number of aromatic nitrogens is 1. The first-order valence-electron chi connectivity index (χ1n) is 10.9. The maximum Gasteiger partial charge on any atom is 0.416 e. The number of oxazole rings is 1. The number of nitrogens with zero attached hydrogens (tertiary/aromatic N) is 3. The monoisotopic (exact) mass is 474 g/mol. The normalized spacial score (nSPS) is 11.9. The summed E-state index contributed by atoms with van der Waals surface area (Å²) in [5.74, 6) is -0.0163. The zero-order valence-corrected chi connectivity index (χ0v) is 19.5. The van der Waals surface area contributed by atoms with E-state index in [1.54, 1.807) is 6.07 Å². The van der Waals surface area contributed by atoms with Crippen LogP contribution in [0.4, 0.5) is 13.2 Å². The summed E-state index contributed by atoms with van der Waals surface area (Å²) in [5, 5.41) is 2.78. The highest BCUT2D eigenvalue weighted by molar-refractivity contribution is 5.91. The quantitative estimate of drug-likeness (QED) is 0.469.